The van der Waals surface area contributed by atoms with Crippen molar-refractivity contribution >= 4 is 5.69 Å². The van der Waals surface area contributed by atoms with Crippen LogP contribution in [0.15, 0.2) is 12.1 Å². The number of nitrogens with two attached hydrogens (primary N) is 1. The fourth-order valence-corrected chi connectivity index (χ4v) is 1.59. The highest BCUT2D eigenvalue weighted by Crippen LogP contribution is 2.35. The Hall–Kier alpha value is -1.46. The lowest BCUT2D eigenvalue weighted by Gasteiger charge is -2.08. The van der Waals surface area contributed by atoms with Crippen molar-refractivity contribution in [1.29, 1.82) is 0 Å². The van der Waals surface area contributed by atoms with Crippen molar-refractivity contribution in [3.05, 3.63) is 17.7 Å². The van der Waals surface area contributed by atoms with Crippen LogP contribution in [0.25, 0.3) is 0 Å². The Morgan fingerprint density at radius 2 is 2.00 bits per heavy atom. The number of fused-ring (bicyclic) bond motifs is 1. The minimum Gasteiger partial charge on any atom is -0.454 e. The number of benzene rings is 1. The van der Waals surface area contributed by atoms with Gasteiger partial charge in [-0.05, 0) is 18.7 Å². The molecule has 0 fully saturated rings. The fourth-order valence-electron chi connectivity index (χ4n) is 1.59. The molecule has 0 unspecified atom stereocenters. The van der Waals surface area contributed by atoms with Crippen LogP contribution in [-0.4, -0.2) is 26.9 Å². The first kappa shape index (κ1) is 11.0. The third kappa shape index (κ3) is 2.37. The highest BCUT2D eigenvalue weighted by atomic mass is 16.7. The van der Waals surface area contributed by atoms with Crippen molar-refractivity contribution in [3.8, 4) is 11.5 Å². The molecule has 0 saturated carbocycles. The topological polar surface area (TPSA) is 68.5 Å². The van der Waals surface area contributed by atoms with E-state index in [2.05, 4.69) is 10.6 Å². The van der Waals surface area contributed by atoms with E-state index in [0.717, 1.165) is 42.4 Å². The van der Waals surface area contributed by atoms with Gasteiger partial charge in [0.2, 0.25) is 6.79 Å². The minimum absolute atomic E-state index is 0.283. The summed E-state index contributed by atoms with van der Waals surface area (Å²) >= 11 is 0. The largest absolute Gasteiger partial charge is 0.454 e. The van der Waals surface area contributed by atoms with E-state index in [1.165, 1.54) is 0 Å². The Bertz CT molecular complexity index is 368. The Balaban J connectivity index is 1.98. The van der Waals surface area contributed by atoms with E-state index in [0.29, 0.717) is 0 Å². The van der Waals surface area contributed by atoms with Crippen molar-refractivity contribution in [2.24, 2.45) is 0 Å². The van der Waals surface area contributed by atoms with Crippen LogP contribution in [0.5, 0.6) is 11.5 Å². The molecule has 5 heteroatoms. The van der Waals surface area contributed by atoms with Crippen LogP contribution >= 0.6 is 0 Å². The number of rotatable bonds is 5. The zero-order chi connectivity index (χ0) is 11.4. The summed E-state index contributed by atoms with van der Waals surface area (Å²) < 4.78 is 10.5. The van der Waals surface area contributed by atoms with Crippen molar-refractivity contribution in [2.45, 2.75) is 6.54 Å². The third-order valence-corrected chi connectivity index (χ3v) is 2.50. The van der Waals surface area contributed by atoms with Crippen LogP contribution in [0.3, 0.4) is 0 Å². The molecule has 0 aliphatic carbocycles. The van der Waals surface area contributed by atoms with Crippen molar-refractivity contribution in [3.63, 3.8) is 0 Å². The minimum atomic E-state index is 0.283. The van der Waals surface area contributed by atoms with E-state index in [-0.39, 0.29) is 6.79 Å². The summed E-state index contributed by atoms with van der Waals surface area (Å²) in [5.74, 6) is 1.51. The second kappa shape index (κ2) is 5.05. The van der Waals surface area contributed by atoms with Gasteiger partial charge < -0.3 is 25.8 Å². The lowest BCUT2D eigenvalue weighted by Crippen LogP contribution is -2.24. The number of ether oxygens (including phenoxy) is 2. The molecule has 88 valence electrons. The number of nitrogens with one attached hydrogen (secondary N) is 2. The van der Waals surface area contributed by atoms with Crippen molar-refractivity contribution in [1.82, 2.24) is 10.6 Å². The van der Waals surface area contributed by atoms with Gasteiger partial charge in [-0.15, -0.1) is 0 Å². The maximum Gasteiger partial charge on any atom is 0.231 e. The summed E-state index contributed by atoms with van der Waals surface area (Å²) in [6.45, 7) is 2.87. The summed E-state index contributed by atoms with van der Waals surface area (Å²) in [7, 11) is 1.93. The maximum absolute atomic E-state index is 5.92. The molecule has 5 nitrogen and oxygen atoms in total. The summed E-state index contributed by atoms with van der Waals surface area (Å²) in [6, 6.07) is 3.75. The van der Waals surface area contributed by atoms with Crippen LogP contribution in [-0.2, 0) is 6.54 Å². The molecule has 1 aromatic carbocycles. The summed E-state index contributed by atoms with van der Waals surface area (Å²) in [4.78, 5) is 0. The molecule has 1 aliphatic heterocycles. The lowest BCUT2D eigenvalue weighted by atomic mass is 10.1. The molecular weight excluding hydrogens is 206 g/mol. The van der Waals surface area contributed by atoms with Crippen molar-refractivity contribution < 1.29 is 9.47 Å². The van der Waals surface area contributed by atoms with Gasteiger partial charge >= 0.3 is 0 Å². The Morgan fingerprint density at radius 1 is 1.25 bits per heavy atom. The quantitative estimate of drug-likeness (QED) is 0.495. The van der Waals surface area contributed by atoms with Gasteiger partial charge in [-0.25, -0.2) is 0 Å². The highest BCUT2D eigenvalue weighted by Gasteiger charge is 2.15. The summed E-state index contributed by atoms with van der Waals surface area (Å²) in [5, 5.41) is 6.37. The van der Waals surface area contributed by atoms with Gasteiger partial charge in [0.1, 0.15) is 0 Å². The molecule has 4 N–H and O–H groups in total. The predicted molar refractivity (Wildman–Crippen MR) is 62.6 cm³/mol. The maximum atomic E-state index is 5.92. The average molecular weight is 223 g/mol. The van der Waals surface area contributed by atoms with Gasteiger partial charge in [0.05, 0.1) is 0 Å². The van der Waals surface area contributed by atoms with Gasteiger partial charge in [0.25, 0.3) is 0 Å². The normalized spacial score (nSPS) is 13.1. The first-order valence-electron chi connectivity index (χ1n) is 5.34. The molecule has 16 heavy (non-hydrogen) atoms. The second-order valence-electron chi connectivity index (χ2n) is 3.68. The summed E-state index contributed by atoms with van der Waals surface area (Å²) in [5.41, 5.74) is 7.70. The number of hydrogen-bond donors (Lipinski definition) is 3. The van der Waals surface area contributed by atoms with Gasteiger partial charge in [-0.1, -0.05) is 0 Å². The first-order valence-corrected chi connectivity index (χ1v) is 5.34. The summed E-state index contributed by atoms with van der Waals surface area (Å²) in [6.07, 6.45) is 0. The molecule has 1 aromatic rings. The van der Waals surface area contributed by atoms with Crippen LogP contribution < -0.4 is 25.8 Å². The van der Waals surface area contributed by atoms with Gasteiger partial charge in [-0.2, -0.15) is 0 Å². The molecule has 0 saturated heterocycles. The molecule has 1 heterocycles. The Kier molecular flexibility index (Phi) is 3.48. The Labute approximate surface area is 94.9 Å². The lowest BCUT2D eigenvalue weighted by molar-refractivity contribution is 0.174. The Morgan fingerprint density at radius 3 is 2.75 bits per heavy atom. The number of hydrogen-bond acceptors (Lipinski definition) is 5. The van der Waals surface area contributed by atoms with Crippen LogP contribution in [0, 0.1) is 0 Å². The predicted octanol–water partition coefficient (Wildman–Crippen LogP) is 0.306. The van der Waals surface area contributed by atoms with E-state index >= 15 is 0 Å². The third-order valence-electron chi connectivity index (χ3n) is 2.50. The molecule has 0 amide bonds. The smallest absolute Gasteiger partial charge is 0.231 e. The van der Waals surface area contributed by atoms with Crippen LogP contribution in [0.1, 0.15) is 5.56 Å². The molecule has 1 aliphatic rings. The van der Waals surface area contributed by atoms with Gasteiger partial charge in [-0.3, -0.25) is 0 Å². The van der Waals surface area contributed by atoms with Gasteiger partial charge in [0, 0.05) is 31.4 Å². The molecule has 0 spiro atoms. The molecular formula is C11H17N3O2. The molecule has 2 rings (SSSR count). The van der Waals surface area contributed by atoms with E-state index in [1.807, 2.05) is 19.2 Å². The SMILES string of the molecule is CNCCNCc1cc2c(cc1N)OCO2. The van der Waals surface area contributed by atoms with Crippen LogP contribution in [0.4, 0.5) is 5.69 Å². The van der Waals surface area contributed by atoms with E-state index in [9.17, 15) is 0 Å². The first-order chi connectivity index (χ1) is 7.81. The van der Waals surface area contributed by atoms with Crippen molar-refractivity contribution in [2.75, 3.05) is 32.7 Å². The highest BCUT2D eigenvalue weighted by molar-refractivity contribution is 5.58. The average Bonchev–Trinajstić information content (AvgIpc) is 2.71. The van der Waals surface area contributed by atoms with E-state index in [1.54, 1.807) is 0 Å². The number of anilines is 1. The standard InChI is InChI=1S/C11H17N3O2/c1-13-2-3-14-6-8-4-10-11(5-9(8)12)16-7-15-10/h4-5,13-14H,2-3,6-7,12H2,1H3. The fraction of sp³-hybridized carbons (Fsp3) is 0.455. The number of likely N-dealkylation sites (N-methyl/N-ethyl adjacent to an activating group) is 1. The second-order valence-corrected chi connectivity index (χ2v) is 3.68. The molecule has 0 bridgehead atoms. The monoisotopic (exact) mass is 223 g/mol. The van der Waals surface area contributed by atoms with E-state index in [4.69, 9.17) is 15.2 Å². The molecule has 0 atom stereocenters. The van der Waals surface area contributed by atoms with Gasteiger partial charge in [0.15, 0.2) is 11.5 Å². The molecule has 0 aromatic heterocycles. The zero-order valence-corrected chi connectivity index (χ0v) is 9.38. The van der Waals surface area contributed by atoms with Crippen LogP contribution in [0.2, 0.25) is 0 Å². The number of nitrogen functional groups attached to an aromatic ring is 1. The van der Waals surface area contributed by atoms with E-state index < -0.39 is 0 Å². The zero-order valence-electron chi connectivity index (χ0n) is 9.38. The molecule has 0 radical (unpaired) electrons.